The van der Waals surface area contributed by atoms with E-state index in [0.717, 1.165) is 22.1 Å². The third kappa shape index (κ3) is 4.41. The van der Waals surface area contributed by atoms with E-state index >= 15 is 0 Å². The number of hydrogen-bond acceptors (Lipinski definition) is 4. The highest BCUT2D eigenvalue weighted by molar-refractivity contribution is 5.74. The van der Waals surface area contributed by atoms with Crippen molar-refractivity contribution in [2.24, 2.45) is 0 Å². The van der Waals surface area contributed by atoms with Crippen molar-refractivity contribution in [2.75, 3.05) is 13.2 Å². The van der Waals surface area contributed by atoms with E-state index in [1.165, 1.54) is 0 Å². The summed E-state index contributed by atoms with van der Waals surface area (Å²) >= 11 is 0. The molecule has 2 aromatic carbocycles. The first-order chi connectivity index (χ1) is 10.8. The third-order valence-corrected chi connectivity index (χ3v) is 2.76. The van der Waals surface area contributed by atoms with Gasteiger partial charge in [-0.25, -0.2) is 9.97 Å². The quantitative estimate of drug-likeness (QED) is 0.432. The van der Waals surface area contributed by atoms with Gasteiger partial charge in [-0.15, -0.1) is 0 Å². The van der Waals surface area contributed by atoms with Crippen LogP contribution >= 0.6 is 0 Å². The molecule has 22 heavy (non-hydrogen) atoms. The zero-order chi connectivity index (χ0) is 15.6. The molecule has 0 amide bonds. The summed E-state index contributed by atoms with van der Waals surface area (Å²) in [7, 11) is 0. The van der Waals surface area contributed by atoms with Gasteiger partial charge in [0.05, 0.1) is 47.9 Å². The molecule has 6 nitrogen and oxygen atoms in total. The van der Waals surface area contributed by atoms with Crippen molar-refractivity contribution < 1.29 is 10.2 Å². The second-order valence-corrected chi connectivity index (χ2v) is 4.29. The minimum Gasteiger partial charge on any atom is -0.394 e. The molecule has 0 saturated heterocycles. The summed E-state index contributed by atoms with van der Waals surface area (Å²) in [6, 6.07) is 15.9. The molecular weight excluding hydrogens is 280 g/mol. The minimum atomic E-state index is -0.125. The lowest BCUT2D eigenvalue weighted by atomic mass is 10.3. The Kier molecular flexibility index (Phi) is 6.10. The smallest absolute Gasteiger partial charge is 0.0931 e. The predicted molar refractivity (Wildman–Crippen MR) is 86.4 cm³/mol. The van der Waals surface area contributed by atoms with E-state index < -0.39 is 0 Å². The van der Waals surface area contributed by atoms with E-state index in [9.17, 15) is 0 Å². The van der Waals surface area contributed by atoms with Gasteiger partial charge in [-0.3, -0.25) is 0 Å². The van der Waals surface area contributed by atoms with Gasteiger partial charge in [0.1, 0.15) is 0 Å². The van der Waals surface area contributed by atoms with Gasteiger partial charge in [0, 0.05) is 0 Å². The molecule has 2 aromatic heterocycles. The molecule has 0 radical (unpaired) electrons. The average Bonchev–Trinajstić information content (AvgIpc) is 3.24. The Hall–Kier alpha value is -2.70. The van der Waals surface area contributed by atoms with E-state index in [2.05, 4.69) is 19.9 Å². The van der Waals surface area contributed by atoms with Crippen LogP contribution in [0, 0.1) is 0 Å². The second kappa shape index (κ2) is 8.56. The maximum absolute atomic E-state index is 7.62. The first-order valence-electron chi connectivity index (χ1n) is 6.83. The number of aromatic nitrogens is 4. The Morgan fingerprint density at radius 2 is 1.09 bits per heavy atom. The summed E-state index contributed by atoms with van der Waals surface area (Å²) < 4.78 is 0. The number of aromatic amines is 2. The van der Waals surface area contributed by atoms with Gasteiger partial charge in [0.25, 0.3) is 0 Å². The van der Waals surface area contributed by atoms with Crippen LogP contribution in [-0.2, 0) is 0 Å². The number of aliphatic hydroxyl groups is 2. The van der Waals surface area contributed by atoms with Crippen LogP contribution in [0.2, 0.25) is 0 Å². The molecule has 0 saturated carbocycles. The summed E-state index contributed by atoms with van der Waals surface area (Å²) in [6.45, 7) is -0.250. The van der Waals surface area contributed by atoms with Crippen LogP contribution < -0.4 is 0 Å². The van der Waals surface area contributed by atoms with Gasteiger partial charge >= 0.3 is 0 Å². The minimum absolute atomic E-state index is 0.125. The van der Waals surface area contributed by atoms with E-state index in [1.807, 2.05) is 48.5 Å². The Labute approximate surface area is 127 Å². The number of H-pyrrole nitrogens is 2. The van der Waals surface area contributed by atoms with Crippen molar-refractivity contribution in [1.82, 2.24) is 19.9 Å². The number of nitrogens with one attached hydrogen (secondary N) is 2. The number of aliphatic hydroxyl groups excluding tert-OH is 2. The van der Waals surface area contributed by atoms with Crippen LogP contribution in [0.25, 0.3) is 22.1 Å². The predicted octanol–water partition coefficient (Wildman–Crippen LogP) is 2.10. The molecule has 0 atom stereocenters. The summed E-state index contributed by atoms with van der Waals surface area (Å²) in [5.41, 5.74) is 4.24. The van der Waals surface area contributed by atoms with Crippen LogP contribution in [0.5, 0.6) is 0 Å². The molecule has 114 valence electrons. The van der Waals surface area contributed by atoms with Crippen molar-refractivity contribution in [3.8, 4) is 0 Å². The first kappa shape index (κ1) is 15.7. The van der Waals surface area contributed by atoms with Gasteiger partial charge in [-0.2, -0.15) is 0 Å². The highest BCUT2D eigenvalue weighted by Crippen LogP contribution is 2.06. The number of hydrogen-bond donors (Lipinski definition) is 4. The van der Waals surface area contributed by atoms with Gasteiger partial charge < -0.3 is 20.2 Å². The highest BCUT2D eigenvalue weighted by atomic mass is 16.3. The Morgan fingerprint density at radius 1 is 0.682 bits per heavy atom. The normalized spacial score (nSPS) is 9.73. The number of benzene rings is 2. The van der Waals surface area contributed by atoms with Crippen LogP contribution in [0.3, 0.4) is 0 Å². The molecular formula is C16H18N4O2. The SMILES string of the molecule is OCCO.c1ccc2[nH]cnc2c1.c1ccc2[nH]cnc2c1. The zero-order valence-corrected chi connectivity index (χ0v) is 12.0. The molecule has 4 aromatic rings. The fourth-order valence-corrected chi connectivity index (χ4v) is 1.76. The largest absolute Gasteiger partial charge is 0.394 e. The molecule has 4 rings (SSSR count). The van der Waals surface area contributed by atoms with Gasteiger partial charge in [-0.05, 0) is 24.3 Å². The Morgan fingerprint density at radius 3 is 1.45 bits per heavy atom. The maximum Gasteiger partial charge on any atom is 0.0931 e. The van der Waals surface area contributed by atoms with Gasteiger partial charge in [-0.1, -0.05) is 24.3 Å². The molecule has 0 aliphatic heterocycles. The molecule has 2 heterocycles. The molecule has 0 unspecified atom stereocenters. The van der Waals surface area contributed by atoms with Crippen LogP contribution in [-0.4, -0.2) is 43.4 Å². The fourth-order valence-electron chi connectivity index (χ4n) is 1.76. The van der Waals surface area contributed by atoms with Gasteiger partial charge in [0.2, 0.25) is 0 Å². The first-order valence-corrected chi connectivity index (χ1v) is 6.83. The number of fused-ring (bicyclic) bond motifs is 2. The third-order valence-electron chi connectivity index (χ3n) is 2.76. The fraction of sp³-hybridized carbons (Fsp3) is 0.125. The number of nitrogens with zero attached hydrogens (tertiary/aromatic N) is 2. The monoisotopic (exact) mass is 298 g/mol. The van der Waals surface area contributed by atoms with Gasteiger partial charge in [0.15, 0.2) is 0 Å². The molecule has 6 heteroatoms. The number of rotatable bonds is 1. The van der Waals surface area contributed by atoms with E-state index in [0.29, 0.717) is 0 Å². The van der Waals surface area contributed by atoms with E-state index in [-0.39, 0.29) is 13.2 Å². The lowest BCUT2D eigenvalue weighted by Gasteiger charge is -1.81. The summed E-state index contributed by atoms with van der Waals surface area (Å²) in [6.07, 6.45) is 3.40. The van der Waals surface area contributed by atoms with Crippen LogP contribution in [0.4, 0.5) is 0 Å². The van der Waals surface area contributed by atoms with E-state index in [4.69, 9.17) is 10.2 Å². The van der Waals surface area contributed by atoms with Crippen LogP contribution in [0.1, 0.15) is 0 Å². The summed E-state index contributed by atoms with van der Waals surface area (Å²) in [5.74, 6) is 0. The van der Waals surface area contributed by atoms with Crippen molar-refractivity contribution in [3.63, 3.8) is 0 Å². The van der Waals surface area contributed by atoms with E-state index in [1.54, 1.807) is 12.7 Å². The lowest BCUT2D eigenvalue weighted by Crippen LogP contribution is -1.85. The Bertz CT molecular complexity index is 666. The van der Waals surface area contributed by atoms with Crippen LogP contribution in [0.15, 0.2) is 61.2 Å². The molecule has 0 aliphatic rings. The molecule has 0 bridgehead atoms. The molecule has 4 N–H and O–H groups in total. The average molecular weight is 298 g/mol. The number of para-hydroxylation sites is 4. The van der Waals surface area contributed by atoms with Crippen molar-refractivity contribution in [1.29, 1.82) is 0 Å². The second-order valence-electron chi connectivity index (χ2n) is 4.29. The Balaban J connectivity index is 0.000000131. The standard InChI is InChI=1S/2C7H6N2.C2H6O2/c2*1-2-4-7-6(3-1)8-5-9-7;3-1-2-4/h2*1-5H,(H,8,9);3-4H,1-2H2. The highest BCUT2D eigenvalue weighted by Gasteiger charge is 1.89. The lowest BCUT2D eigenvalue weighted by molar-refractivity contribution is 0.186. The molecule has 0 spiro atoms. The molecule has 0 fully saturated rings. The summed E-state index contributed by atoms with van der Waals surface area (Å²) in [4.78, 5) is 14.1. The zero-order valence-electron chi connectivity index (χ0n) is 12.0. The maximum atomic E-state index is 7.62. The van der Waals surface area contributed by atoms with Crippen molar-refractivity contribution in [2.45, 2.75) is 0 Å². The van der Waals surface area contributed by atoms with Crippen molar-refractivity contribution >= 4 is 22.1 Å². The summed E-state index contributed by atoms with van der Waals surface area (Å²) in [5, 5.41) is 15.2. The molecule has 0 aliphatic carbocycles. The number of imidazole rings is 2. The topological polar surface area (TPSA) is 97.8 Å². The van der Waals surface area contributed by atoms with Crippen molar-refractivity contribution in [3.05, 3.63) is 61.2 Å².